The maximum absolute atomic E-state index is 13.2. The molecule has 0 aliphatic rings. The molecule has 4 rings (SSSR count). The van der Waals surface area contributed by atoms with Crippen LogP contribution >= 0.6 is 11.3 Å². The summed E-state index contributed by atoms with van der Waals surface area (Å²) in [6, 6.07) is 15.3. The molecule has 0 atom stereocenters. The third kappa shape index (κ3) is 3.78. The summed E-state index contributed by atoms with van der Waals surface area (Å²) >= 11 is 1.44. The summed E-state index contributed by atoms with van der Waals surface area (Å²) in [5.41, 5.74) is 2.37. The minimum atomic E-state index is -0.302. The van der Waals surface area contributed by atoms with Crippen LogP contribution in [-0.4, -0.2) is 22.5 Å². The van der Waals surface area contributed by atoms with Crippen LogP contribution in [-0.2, 0) is 4.79 Å². The van der Waals surface area contributed by atoms with Gasteiger partial charge in [-0.2, -0.15) is 0 Å². The largest absolute Gasteiger partial charge is 0.467 e. The Labute approximate surface area is 158 Å². The number of aromatic nitrogens is 2. The molecule has 0 aliphatic carbocycles. The minimum Gasteiger partial charge on any atom is -0.467 e. The number of benzene rings is 2. The normalized spacial score (nSPS) is 10.7. The predicted octanol–water partition coefficient (Wildman–Crippen LogP) is 4.51. The highest BCUT2D eigenvalue weighted by Gasteiger charge is 2.15. The Morgan fingerprint density at radius 3 is 2.63 bits per heavy atom. The van der Waals surface area contributed by atoms with Crippen molar-refractivity contribution in [1.29, 1.82) is 0 Å². The number of hydrogen-bond donors (Lipinski definition) is 1. The lowest BCUT2D eigenvalue weighted by molar-refractivity contribution is -0.118. The molecule has 4 aromatic rings. The topological polar surface area (TPSA) is 64.1 Å². The van der Waals surface area contributed by atoms with E-state index in [1.807, 2.05) is 23.6 Å². The number of hydrogen-bond acceptors (Lipinski definition) is 5. The van der Waals surface area contributed by atoms with Crippen LogP contribution in [0.5, 0.6) is 5.88 Å². The van der Waals surface area contributed by atoms with E-state index in [4.69, 9.17) is 4.74 Å². The number of nitrogens with one attached hydrogen (secondary N) is 1. The maximum Gasteiger partial charge on any atom is 0.262 e. The Kier molecular flexibility index (Phi) is 4.76. The van der Waals surface area contributed by atoms with Crippen molar-refractivity contribution in [2.75, 3.05) is 11.9 Å². The molecule has 2 heterocycles. The summed E-state index contributed by atoms with van der Waals surface area (Å²) in [5.74, 6) is -0.265. The standard InChI is InChI=1S/C20H14FN3O2S/c21-14-8-6-13(7-9-14)16-11-27-20-18(16)19(22-12-23-20)26-10-17(25)24-15-4-2-1-3-5-15/h1-9,11-12H,10H2,(H,24,25). The van der Waals surface area contributed by atoms with E-state index in [-0.39, 0.29) is 18.3 Å². The smallest absolute Gasteiger partial charge is 0.262 e. The molecule has 0 radical (unpaired) electrons. The van der Waals surface area contributed by atoms with Gasteiger partial charge in [-0.05, 0) is 29.8 Å². The molecule has 2 aromatic carbocycles. The van der Waals surface area contributed by atoms with Crippen LogP contribution in [0.4, 0.5) is 10.1 Å². The van der Waals surface area contributed by atoms with Gasteiger partial charge in [-0.25, -0.2) is 14.4 Å². The molecule has 7 heteroatoms. The fourth-order valence-corrected chi connectivity index (χ4v) is 3.56. The molecule has 0 unspecified atom stereocenters. The van der Waals surface area contributed by atoms with Crippen LogP contribution in [0.2, 0.25) is 0 Å². The quantitative estimate of drug-likeness (QED) is 0.554. The third-order valence-corrected chi connectivity index (χ3v) is 4.77. The van der Waals surface area contributed by atoms with Crippen LogP contribution in [0, 0.1) is 5.82 Å². The molecular weight excluding hydrogens is 365 g/mol. The first-order valence-corrected chi connectivity index (χ1v) is 9.04. The molecule has 0 saturated heterocycles. The number of rotatable bonds is 5. The summed E-state index contributed by atoms with van der Waals surface area (Å²) in [6.07, 6.45) is 1.40. The van der Waals surface area contributed by atoms with E-state index in [0.717, 1.165) is 16.0 Å². The summed E-state index contributed by atoms with van der Waals surface area (Å²) in [6.45, 7) is -0.181. The molecule has 1 amide bonds. The van der Waals surface area contributed by atoms with Crippen molar-refractivity contribution in [2.45, 2.75) is 0 Å². The SMILES string of the molecule is O=C(COc1ncnc2scc(-c3ccc(F)cc3)c12)Nc1ccccc1. The zero-order valence-electron chi connectivity index (χ0n) is 14.1. The fraction of sp³-hybridized carbons (Fsp3) is 0.0500. The van der Waals surface area contributed by atoms with Gasteiger partial charge in [0.15, 0.2) is 6.61 Å². The lowest BCUT2D eigenvalue weighted by Crippen LogP contribution is -2.20. The molecule has 27 heavy (non-hydrogen) atoms. The van der Waals surface area contributed by atoms with Gasteiger partial charge >= 0.3 is 0 Å². The molecule has 134 valence electrons. The van der Waals surface area contributed by atoms with E-state index < -0.39 is 0 Å². The lowest BCUT2D eigenvalue weighted by atomic mass is 10.1. The van der Waals surface area contributed by atoms with Crippen molar-refractivity contribution in [1.82, 2.24) is 9.97 Å². The summed E-state index contributed by atoms with van der Waals surface area (Å²) in [7, 11) is 0. The highest BCUT2D eigenvalue weighted by molar-refractivity contribution is 7.17. The van der Waals surface area contributed by atoms with Crippen molar-refractivity contribution in [3.8, 4) is 17.0 Å². The molecule has 0 spiro atoms. The van der Waals surface area contributed by atoms with E-state index in [1.54, 1.807) is 24.3 Å². The number of ether oxygens (including phenoxy) is 1. The van der Waals surface area contributed by atoms with Gasteiger partial charge in [0.2, 0.25) is 5.88 Å². The number of anilines is 1. The lowest BCUT2D eigenvalue weighted by Gasteiger charge is -2.08. The van der Waals surface area contributed by atoms with Gasteiger partial charge in [-0.1, -0.05) is 30.3 Å². The summed E-state index contributed by atoms with van der Waals surface area (Å²) in [5, 5.41) is 5.39. The van der Waals surface area contributed by atoms with Crippen LogP contribution in [0.3, 0.4) is 0 Å². The van der Waals surface area contributed by atoms with E-state index in [0.29, 0.717) is 17.0 Å². The van der Waals surface area contributed by atoms with Crippen molar-refractivity contribution in [2.24, 2.45) is 0 Å². The molecule has 1 N–H and O–H groups in total. The van der Waals surface area contributed by atoms with E-state index in [2.05, 4.69) is 15.3 Å². The summed E-state index contributed by atoms with van der Waals surface area (Å²) in [4.78, 5) is 21.3. The maximum atomic E-state index is 13.2. The second-order valence-electron chi connectivity index (χ2n) is 5.72. The van der Waals surface area contributed by atoms with Crippen LogP contribution in [0.15, 0.2) is 66.3 Å². The Bertz CT molecular complexity index is 1080. The number of amides is 1. The highest BCUT2D eigenvalue weighted by Crippen LogP contribution is 2.37. The number of halogens is 1. The number of para-hydroxylation sites is 1. The molecule has 2 aromatic heterocycles. The monoisotopic (exact) mass is 379 g/mol. The number of nitrogens with zero attached hydrogens (tertiary/aromatic N) is 2. The fourth-order valence-electron chi connectivity index (χ4n) is 2.65. The molecule has 0 fully saturated rings. The Morgan fingerprint density at radius 2 is 1.85 bits per heavy atom. The van der Waals surface area contributed by atoms with Gasteiger partial charge in [-0.3, -0.25) is 4.79 Å². The molecule has 0 bridgehead atoms. The van der Waals surface area contributed by atoms with Gasteiger partial charge in [0.1, 0.15) is 17.0 Å². The van der Waals surface area contributed by atoms with E-state index >= 15 is 0 Å². The van der Waals surface area contributed by atoms with E-state index in [1.165, 1.54) is 29.8 Å². The van der Waals surface area contributed by atoms with Gasteiger partial charge in [0, 0.05) is 16.6 Å². The highest BCUT2D eigenvalue weighted by atomic mass is 32.1. The molecular formula is C20H14FN3O2S. The molecule has 0 aliphatic heterocycles. The third-order valence-electron chi connectivity index (χ3n) is 3.89. The second kappa shape index (κ2) is 7.51. The first kappa shape index (κ1) is 17.1. The average Bonchev–Trinajstić information content (AvgIpc) is 3.12. The Balaban J connectivity index is 1.57. The van der Waals surface area contributed by atoms with Gasteiger partial charge in [-0.15, -0.1) is 11.3 Å². The van der Waals surface area contributed by atoms with Gasteiger partial charge in [0.05, 0.1) is 5.39 Å². The van der Waals surface area contributed by atoms with Crippen molar-refractivity contribution >= 4 is 33.1 Å². The molecule has 0 saturated carbocycles. The zero-order chi connectivity index (χ0) is 18.6. The number of carbonyl (C=O) groups is 1. The second-order valence-corrected chi connectivity index (χ2v) is 6.58. The minimum absolute atomic E-state index is 0.181. The first-order chi connectivity index (χ1) is 13.2. The van der Waals surface area contributed by atoms with Gasteiger partial charge < -0.3 is 10.1 Å². The number of fused-ring (bicyclic) bond motifs is 1. The van der Waals surface area contributed by atoms with Gasteiger partial charge in [0.25, 0.3) is 5.91 Å². The number of carbonyl (C=O) groups excluding carboxylic acids is 1. The van der Waals surface area contributed by atoms with Crippen LogP contribution < -0.4 is 10.1 Å². The predicted molar refractivity (Wildman–Crippen MR) is 103 cm³/mol. The van der Waals surface area contributed by atoms with Crippen LogP contribution in [0.1, 0.15) is 0 Å². The molecule has 5 nitrogen and oxygen atoms in total. The number of thiophene rings is 1. The summed E-state index contributed by atoms with van der Waals surface area (Å²) < 4.78 is 18.9. The van der Waals surface area contributed by atoms with Crippen molar-refractivity contribution < 1.29 is 13.9 Å². The van der Waals surface area contributed by atoms with Crippen molar-refractivity contribution in [3.05, 3.63) is 72.1 Å². The average molecular weight is 379 g/mol. The Hall–Kier alpha value is -3.32. The van der Waals surface area contributed by atoms with E-state index in [9.17, 15) is 9.18 Å². The first-order valence-electron chi connectivity index (χ1n) is 8.16. The van der Waals surface area contributed by atoms with Crippen molar-refractivity contribution in [3.63, 3.8) is 0 Å². The Morgan fingerprint density at radius 1 is 1.07 bits per heavy atom. The zero-order valence-corrected chi connectivity index (χ0v) is 14.9. The van der Waals surface area contributed by atoms with Crippen LogP contribution in [0.25, 0.3) is 21.3 Å².